The van der Waals surface area contributed by atoms with Gasteiger partial charge in [-0.1, -0.05) is 6.07 Å². The molecule has 1 aromatic carbocycles. The SMILES string of the molecule is Cc1nc2cccc(NCCOCCOCCNC34CC5CC(CC(C5)C3)C4)c2c(=O)n1C1CCC(=O)NC1=O. The number of rotatable bonds is 12. The van der Waals surface area contributed by atoms with Gasteiger partial charge in [0.2, 0.25) is 11.8 Å². The molecule has 2 heterocycles. The van der Waals surface area contributed by atoms with E-state index in [0.29, 0.717) is 60.9 Å². The van der Waals surface area contributed by atoms with Gasteiger partial charge in [-0.3, -0.25) is 24.3 Å². The fourth-order valence-corrected chi connectivity index (χ4v) is 8.09. The van der Waals surface area contributed by atoms with Gasteiger partial charge in [0.25, 0.3) is 5.56 Å². The molecule has 10 heteroatoms. The molecule has 40 heavy (non-hydrogen) atoms. The van der Waals surface area contributed by atoms with Crippen LogP contribution in [-0.2, 0) is 19.1 Å². The van der Waals surface area contributed by atoms with Crippen LogP contribution in [0.25, 0.3) is 10.9 Å². The van der Waals surface area contributed by atoms with Crippen molar-refractivity contribution in [3.05, 3.63) is 34.4 Å². The number of fused-ring (bicyclic) bond motifs is 1. The van der Waals surface area contributed by atoms with Gasteiger partial charge in [0.1, 0.15) is 11.9 Å². The Balaban J connectivity index is 0.941. The van der Waals surface area contributed by atoms with E-state index in [-0.39, 0.29) is 24.3 Å². The van der Waals surface area contributed by atoms with Gasteiger partial charge in [-0.05, 0) is 81.8 Å². The lowest BCUT2D eigenvalue weighted by molar-refractivity contribution is -0.135. The fourth-order valence-electron chi connectivity index (χ4n) is 8.09. The van der Waals surface area contributed by atoms with E-state index in [1.165, 1.54) is 43.1 Å². The lowest BCUT2D eigenvalue weighted by Gasteiger charge is -2.57. The molecule has 1 aromatic heterocycles. The third kappa shape index (κ3) is 5.66. The second-order valence-electron chi connectivity index (χ2n) is 12.3. The molecule has 4 aliphatic carbocycles. The molecule has 4 saturated carbocycles. The molecule has 5 fully saturated rings. The molecule has 3 N–H and O–H groups in total. The zero-order valence-electron chi connectivity index (χ0n) is 23.4. The van der Waals surface area contributed by atoms with Crippen LogP contribution >= 0.6 is 0 Å². The topological polar surface area (TPSA) is 124 Å². The molecule has 1 atom stereocenters. The van der Waals surface area contributed by atoms with E-state index in [2.05, 4.69) is 20.9 Å². The second kappa shape index (κ2) is 11.6. The van der Waals surface area contributed by atoms with Crippen molar-refractivity contribution in [2.45, 2.75) is 69.9 Å². The van der Waals surface area contributed by atoms with Crippen molar-refractivity contribution in [2.75, 3.05) is 44.8 Å². The molecule has 10 nitrogen and oxygen atoms in total. The van der Waals surface area contributed by atoms with E-state index >= 15 is 0 Å². The number of hydrogen-bond donors (Lipinski definition) is 3. The largest absolute Gasteiger partial charge is 0.382 e. The molecule has 2 aromatic rings. The van der Waals surface area contributed by atoms with Gasteiger partial charge >= 0.3 is 0 Å². The number of piperidine rings is 1. The zero-order valence-corrected chi connectivity index (χ0v) is 23.4. The first-order valence-electron chi connectivity index (χ1n) is 14.9. The monoisotopic (exact) mass is 551 g/mol. The highest BCUT2D eigenvalue weighted by Crippen LogP contribution is 2.55. The van der Waals surface area contributed by atoms with Crippen LogP contribution in [0, 0.1) is 24.7 Å². The van der Waals surface area contributed by atoms with Crippen molar-refractivity contribution in [3.8, 4) is 0 Å². The molecule has 7 rings (SSSR count). The van der Waals surface area contributed by atoms with Gasteiger partial charge in [-0.2, -0.15) is 0 Å². The van der Waals surface area contributed by atoms with Crippen LogP contribution in [0.3, 0.4) is 0 Å². The third-order valence-corrected chi connectivity index (χ3v) is 9.35. The Labute approximate surface area is 234 Å². The first-order chi connectivity index (χ1) is 19.4. The number of carbonyl (C=O) groups is 2. The lowest BCUT2D eigenvalue weighted by Crippen LogP contribution is -2.58. The number of carbonyl (C=O) groups excluding carboxylic acids is 2. The first kappa shape index (κ1) is 27.4. The standard InChI is InChI=1S/C30H41N5O5/c1-19-33-24-4-2-3-23(27(24)29(38)35(19)25-5-6-26(36)34-28(25)37)31-7-9-39-11-12-40-10-8-32-30-16-20-13-21(17-30)15-22(14-20)18-30/h2-4,20-22,25,31-32H,5-18H2,1H3,(H,34,36,37). The Hall–Kier alpha value is -2.82. The van der Waals surface area contributed by atoms with E-state index in [1.54, 1.807) is 13.0 Å². The Morgan fingerprint density at radius 2 is 1.65 bits per heavy atom. The van der Waals surface area contributed by atoms with Gasteiger partial charge in [0, 0.05) is 30.7 Å². The summed E-state index contributed by atoms with van der Waals surface area (Å²) in [7, 11) is 0. The summed E-state index contributed by atoms with van der Waals surface area (Å²) >= 11 is 0. The number of anilines is 1. The molecule has 5 aliphatic rings. The summed E-state index contributed by atoms with van der Waals surface area (Å²) in [5, 5.41) is 9.90. The maximum Gasteiger partial charge on any atom is 0.264 e. The highest BCUT2D eigenvalue weighted by Gasteiger charge is 2.50. The Morgan fingerprint density at radius 3 is 2.33 bits per heavy atom. The average molecular weight is 552 g/mol. The average Bonchev–Trinajstić information content (AvgIpc) is 2.90. The van der Waals surface area contributed by atoms with Crippen molar-refractivity contribution in [1.29, 1.82) is 0 Å². The molecule has 1 saturated heterocycles. The second-order valence-corrected chi connectivity index (χ2v) is 12.3. The first-order valence-corrected chi connectivity index (χ1v) is 14.9. The minimum Gasteiger partial charge on any atom is -0.382 e. The summed E-state index contributed by atoms with van der Waals surface area (Å²) in [4.78, 5) is 42.1. The molecule has 0 spiro atoms. The maximum atomic E-state index is 13.5. The Bertz CT molecular complexity index is 1290. The van der Waals surface area contributed by atoms with Crippen LogP contribution < -0.4 is 21.5 Å². The summed E-state index contributed by atoms with van der Waals surface area (Å²) in [6, 6.07) is 4.71. The van der Waals surface area contributed by atoms with Crippen molar-refractivity contribution in [1.82, 2.24) is 20.2 Å². The minimum atomic E-state index is -0.749. The Morgan fingerprint density at radius 1 is 0.975 bits per heavy atom. The molecular formula is C30H41N5O5. The van der Waals surface area contributed by atoms with Crippen LogP contribution in [0.2, 0.25) is 0 Å². The highest BCUT2D eigenvalue weighted by molar-refractivity contribution is 5.99. The van der Waals surface area contributed by atoms with E-state index in [1.807, 2.05) is 12.1 Å². The number of ether oxygens (including phenoxy) is 2. The molecule has 216 valence electrons. The Kier molecular flexibility index (Phi) is 7.92. The molecule has 1 unspecified atom stereocenters. The normalized spacial score (nSPS) is 29.2. The number of imide groups is 1. The number of nitrogens with one attached hydrogen (secondary N) is 3. The molecule has 1 aliphatic heterocycles. The van der Waals surface area contributed by atoms with Crippen LogP contribution in [0.4, 0.5) is 5.69 Å². The summed E-state index contributed by atoms with van der Waals surface area (Å²) < 4.78 is 13.0. The van der Waals surface area contributed by atoms with E-state index < -0.39 is 11.9 Å². The van der Waals surface area contributed by atoms with Crippen molar-refractivity contribution in [3.63, 3.8) is 0 Å². The quantitative estimate of drug-likeness (QED) is 0.272. The van der Waals surface area contributed by atoms with Crippen LogP contribution in [0.5, 0.6) is 0 Å². The van der Waals surface area contributed by atoms with Gasteiger partial charge in [0.15, 0.2) is 0 Å². The van der Waals surface area contributed by atoms with E-state index in [0.717, 1.165) is 24.3 Å². The van der Waals surface area contributed by atoms with Crippen LogP contribution in [-0.4, -0.2) is 66.4 Å². The summed E-state index contributed by atoms with van der Waals surface area (Å²) in [5.41, 5.74) is 1.29. The van der Waals surface area contributed by atoms with E-state index in [4.69, 9.17) is 9.47 Å². The van der Waals surface area contributed by atoms with Gasteiger partial charge in [0.05, 0.1) is 37.3 Å². The number of aryl methyl sites for hydroxylation is 1. The summed E-state index contributed by atoms with van der Waals surface area (Å²) in [6.07, 6.45) is 8.91. The van der Waals surface area contributed by atoms with Crippen molar-refractivity contribution in [2.24, 2.45) is 17.8 Å². The maximum absolute atomic E-state index is 13.5. The number of nitrogens with zero attached hydrogens (tertiary/aromatic N) is 2. The minimum absolute atomic E-state index is 0.194. The van der Waals surface area contributed by atoms with Gasteiger partial charge < -0.3 is 20.1 Å². The molecular weight excluding hydrogens is 510 g/mol. The molecule has 0 radical (unpaired) electrons. The van der Waals surface area contributed by atoms with Crippen LogP contribution in [0.15, 0.2) is 23.0 Å². The predicted molar refractivity (Wildman–Crippen MR) is 151 cm³/mol. The predicted octanol–water partition coefficient (Wildman–Crippen LogP) is 2.69. The number of amides is 2. The summed E-state index contributed by atoms with van der Waals surface area (Å²) in [5.74, 6) is 2.50. The van der Waals surface area contributed by atoms with Crippen LogP contribution in [0.1, 0.15) is 63.2 Å². The van der Waals surface area contributed by atoms with Crippen molar-refractivity contribution < 1.29 is 19.1 Å². The third-order valence-electron chi connectivity index (χ3n) is 9.35. The highest BCUT2D eigenvalue weighted by atomic mass is 16.5. The summed E-state index contributed by atoms with van der Waals surface area (Å²) in [6.45, 7) is 5.35. The number of aromatic nitrogens is 2. The smallest absolute Gasteiger partial charge is 0.264 e. The molecule has 4 bridgehead atoms. The number of benzene rings is 1. The fraction of sp³-hybridized carbons (Fsp3) is 0.667. The lowest BCUT2D eigenvalue weighted by atomic mass is 9.53. The van der Waals surface area contributed by atoms with E-state index in [9.17, 15) is 14.4 Å². The van der Waals surface area contributed by atoms with Crippen molar-refractivity contribution >= 4 is 28.4 Å². The number of hydrogen-bond acceptors (Lipinski definition) is 8. The zero-order chi connectivity index (χ0) is 27.7. The molecule has 2 amide bonds. The van der Waals surface area contributed by atoms with Gasteiger partial charge in [-0.25, -0.2) is 4.98 Å². The van der Waals surface area contributed by atoms with Gasteiger partial charge in [-0.15, -0.1) is 0 Å².